The van der Waals surface area contributed by atoms with E-state index in [2.05, 4.69) is 48.1 Å². The Hall–Kier alpha value is -3.49. The molecule has 1 fully saturated rings. The average molecular weight is 489 g/mol. The maximum absolute atomic E-state index is 13.9. The molecule has 4 aromatic rings. The highest BCUT2D eigenvalue weighted by Crippen LogP contribution is 2.24. The Morgan fingerprint density at radius 3 is 2.57 bits per heavy atom. The number of benzene rings is 2. The van der Waals surface area contributed by atoms with Gasteiger partial charge in [0, 0.05) is 30.5 Å². The molecule has 3 heterocycles. The van der Waals surface area contributed by atoms with E-state index in [0.717, 1.165) is 22.3 Å². The number of fused-ring (bicyclic) bond motifs is 1. The van der Waals surface area contributed by atoms with Crippen molar-refractivity contribution >= 4 is 41.6 Å². The van der Waals surface area contributed by atoms with E-state index in [0.29, 0.717) is 31.0 Å². The lowest BCUT2D eigenvalue weighted by molar-refractivity contribution is 0.101. The molecule has 0 radical (unpaired) electrons. The summed E-state index contributed by atoms with van der Waals surface area (Å²) in [6, 6.07) is 18.4. The third-order valence-corrected chi connectivity index (χ3v) is 8.47. The normalized spacial score (nSPS) is 14.3. The van der Waals surface area contributed by atoms with Crippen LogP contribution >= 0.6 is 0 Å². The van der Waals surface area contributed by atoms with Gasteiger partial charge in [0.2, 0.25) is 0 Å². The number of aromatic nitrogens is 2. The van der Waals surface area contributed by atoms with Gasteiger partial charge in [0.15, 0.2) is 0 Å². The van der Waals surface area contributed by atoms with Crippen molar-refractivity contribution in [2.45, 2.75) is 32.3 Å². The van der Waals surface area contributed by atoms with Gasteiger partial charge in [-0.05, 0) is 42.0 Å². The van der Waals surface area contributed by atoms with E-state index in [1.165, 1.54) is 17.3 Å². The SMILES string of the molecule is C[Si](C)(C)c1ccc2cc(C(=O)Nc3ccc(N4CC(O)C4)nc3)n(Cc3cccc(F)c3)c2c1. The first kappa shape index (κ1) is 23.3. The second kappa shape index (κ2) is 8.94. The minimum Gasteiger partial charge on any atom is -0.389 e. The van der Waals surface area contributed by atoms with Crippen LogP contribution in [0.3, 0.4) is 0 Å². The molecule has 35 heavy (non-hydrogen) atoms. The maximum atomic E-state index is 13.9. The third-order valence-electron chi connectivity index (χ3n) is 6.42. The van der Waals surface area contributed by atoms with E-state index >= 15 is 0 Å². The first-order valence-electron chi connectivity index (χ1n) is 11.8. The predicted octanol–water partition coefficient (Wildman–Crippen LogP) is 4.20. The zero-order valence-corrected chi connectivity index (χ0v) is 21.1. The highest BCUT2D eigenvalue weighted by atomic mass is 28.3. The summed E-state index contributed by atoms with van der Waals surface area (Å²) >= 11 is 0. The molecule has 0 atom stereocenters. The highest BCUT2D eigenvalue weighted by molar-refractivity contribution is 6.88. The highest BCUT2D eigenvalue weighted by Gasteiger charge is 2.25. The van der Waals surface area contributed by atoms with Gasteiger partial charge in [0.05, 0.1) is 26.1 Å². The fourth-order valence-electron chi connectivity index (χ4n) is 4.38. The van der Waals surface area contributed by atoms with Crippen LogP contribution in [-0.2, 0) is 6.54 Å². The molecule has 6 nitrogen and oxygen atoms in total. The average Bonchev–Trinajstić information content (AvgIpc) is 3.15. The predicted molar refractivity (Wildman–Crippen MR) is 141 cm³/mol. The number of halogens is 1. The van der Waals surface area contributed by atoms with E-state index < -0.39 is 8.07 Å². The number of rotatable bonds is 6. The van der Waals surface area contributed by atoms with Gasteiger partial charge < -0.3 is 19.9 Å². The van der Waals surface area contributed by atoms with Crippen LogP contribution in [-0.4, -0.2) is 47.8 Å². The van der Waals surface area contributed by atoms with Crippen molar-refractivity contribution < 1.29 is 14.3 Å². The third kappa shape index (κ3) is 4.85. The second-order valence-corrected chi connectivity index (χ2v) is 15.3. The molecular weight excluding hydrogens is 459 g/mol. The number of nitrogens with zero attached hydrogens (tertiary/aromatic N) is 3. The number of hydrogen-bond acceptors (Lipinski definition) is 4. The Morgan fingerprint density at radius 1 is 1.11 bits per heavy atom. The molecule has 1 amide bonds. The molecule has 0 spiro atoms. The fraction of sp³-hybridized carbons (Fsp3) is 0.259. The van der Waals surface area contributed by atoms with Crippen molar-refractivity contribution in [3.8, 4) is 0 Å². The lowest BCUT2D eigenvalue weighted by Crippen LogP contribution is -2.51. The van der Waals surface area contributed by atoms with Crippen LogP contribution in [0.25, 0.3) is 10.9 Å². The molecule has 8 heteroatoms. The van der Waals surface area contributed by atoms with E-state index in [1.54, 1.807) is 12.3 Å². The molecule has 0 unspecified atom stereocenters. The summed E-state index contributed by atoms with van der Waals surface area (Å²) in [5.41, 5.74) is 2.85. The lowest BCUT2D eigenvalue weighted by atomic mass is 10.2. The van der Waals surface area contributed by atoms with E-state index in [9.17, 15) is 14.3 Å². The molecule has 0 aliphatic carbocycles. The summed E-state index contributed by atoms with van der Waals surface area (Å²) in [4.78, 5) is 19.8. The molecule has 1 saturated heterocycles. The molecule has 0 saturated carbocycles. The Balaban J connectivity index is 1.48. The van der Waals surface area contributed by atoms with Crippen LogP contribution in [0.2, 0.25) is 19.6 Å². The zero-order chi connectivity index (χ0) is 24.7. The number of anilines is 2. The number of hydrogen-bond donors (Lipinski definition) is 2. The summed E-state index contributed by atoms with van der Waals surface area (Å²) in [6.07, 6.45) is 1.32. The van der Waals surface area contributed by atoms with Crippen LogP contribution < -0.4 is 15.4 Å². The number of β-amino-alcohol motifs (C(OH)–C–C–N with tert-alkyl or cyclic N) is 1. The first-order chi connectivity index (χ1) is 16.7. The van der Waals surface area contributed by atoms with Crippen molar-refractivity contribution in [2.24, 2.45) is 0 Å². The Labute approximate surface area is 205 Å². The lowest BCUT2D eigenvalue weighted by Gasteiger charge is -2.36. The number of carbonyl (C=O) groups excluding carboxylic acids is 1. The van der Waals surface area contributed by atoms with Crippen LogP contribution in [0.1, 0.15) is 16.1 Å². The number of pyridine rings is 1. The van der Waals surface area contributed by atoms with Crippen LogP contribution in [0.4, 0.5) is 15.9 Å². The van der Waals surface area contributed by atoms with Gasteiger partial charge in [0.1, 0.15) is 17.3 Å². The summed E-state index contributed by atoms with van der Waals surface area (Å²) in [6.45, 7) is 8.39. The fourth-order valence-corrected chi connectivity index (χ4v) is 5.53. The van der Waals surface area contributed by atoms with Gasteiger partial charge in [-0.15, -0.1) is 0 Å². The smallest absolute Gasteiger partial charge is 0.272 e. The number of amides is 1. The standard InChI is InChI=1S/C27H29FN4O2Si/c1-35(2,3)23-9-7-19-12-25(32(24(19)13-23)15-18-5-4-6-20(28)11-18)27(34)30-21-8-10-26(29-14-21)31-16-22(33)17-31/h4-14,22,33H,15-17H2,1-3H3,(H,30,34). The number of carbonyl (C=O) groups is 1. The van der Waals surface area contributed by atoms with Crippen molar-refractivity contribution in [3.05, 3.63) is 83.9 Å². The topological polar surface area (TPSA) is 70.4 Å². The molecule has 0 bridgehead atoms. The van der Waals surface area contributed by atoms with Crippen LogP contribution in [0, 0.1) is 5.82 Å². The zero-order valence-electron chi connectivity index (χ0n) is 20.1. The van der Waals surface area contributed by atoms with E-state index in [-0.39, 0.29) is 17.8 Å². The van der Waals surface area contributed by atoms with Gasteiger partial charge >= 0.3 is 0 Å². The maximum Gasteiger partial charge on any atom is 0.272 e. The van der Waals surface area contributed by atoms with Crippen LogP contribution in [0.5, 0.6) is 0 Å². The number of nitrogens with one attached hydrogen (secondary N) is 1. The molecule has 2 N–H and O–H groups in total. The second-order valence-electron chi connectivity index (χ2n) is 10.2. The number of aliphatic hydroxyl groups is 1. The quantitative estimate of drug-likeness (QED) is 0.399. The van der Waals surface area contributed by atoms with Gasteiger partial charge in [0.25, 0.3) is 5.91 Å². The summed E-state index contributed by atoms with van der Waals surface area (Å²) in [7, 11) is -1.57. The van der Waals surface area contributed by atoms with Gasteiger partial charge in [-0.2, -0.15) is 0 Å². The van der Waals surface area contributed by atoms with Gasteiger partial charge in [-0.3, -0.25) is 4.79 Å². The van der Waals surface area contributed by atoms with E-state index in [1.807, 2.05) is 33.7 Å². The van der Waals surface area contributed by atoms with Gasteiger partial charge in [-0.25, -0.2) is 9.37 Å². The molecule has 5 rings (SSSR count). The first-order valence-corrected chi connectivity index (χ1v) is 15.3. The van der Waals surface area contributed by atoms with Crippen molar-refractivity contribution in [1.29, 1.82) is 0 Å². The van der Waals surface area contributed by atoms with Crippen molar-refractivity contribution in [3.63, 3.8) is 0 Å². The minimum atomic E-state index is -1.57. The number of aliphatic hydroxyl groups excluding tert-OH is 1. The monoisotopic (exact) mass is 488 g/mol. The molecule has 2 aromatic heterocycles. The van der Waals surface area contributed by atoms with Gasteiger partial charge in [-0.1, -0.05) is 49.1 Å². The molecule has 1 aliphatic rings. The van der Waals surface area contributed by atoms with E-state index in [4.69, 9.17) is 0 Å². The summed E-state index contributed by atoms with van der Waals surface area (Å²) < 4.78 is 15.9. The van der Waals surface area contributed by atoms with Crippen molar-refractivity contribution in [2.75, 3.05) is 23.3 Å². The minimum absolute atomic E-state index is 0.249. The summed E-state index contributed by atoms with van der Waals surface area (Å²) in [5, 5.41) is 14.7. The Morgan fingerprint density at radius 2 is 1.91 bits per heavy atom. The van der Waals surface area contributed by atoms with Crippen molar-refractivity contribution in [1.82, 2.24) is 9.55 Å². The van der Waals surface area contributed by atoms with Crippen LogP contribution in [0.15, 0.2) is 66.9 Å². The molecular formula is C27H29FN4O2Si. The molecule has 2 aromatic carbocycles. The molecule has 1 aliphatic heterocycles. The molecule has 180 valence electrons. The Bertz CT molecular complexity index is 1390. The largest absolute Gasteiger partial charge is 0.389 e. The summed E-state index contributed by atoms with van der Waals surface area (Å²) in [5.74, 6) is 0.224. The Kier molecular flexibility index (Phi) is 5.94.